The molecule has 0 spiro atoms. The molecule has 0 amide bonds. The summed E-state index contributed by atoms with van der Waals surface area (Å²) in [7, 11) is 0. The summed E-state index contributed by atoms with van der Waals surface area (Å²) in [6.07, 6.45) is 10.7. The molecule has 0 saturated heterocycles. The van der Waals surface area contributed by atoms with Gasteiger partial charge in [0.1, 0.15) is 0 Å². The van der Waals surface area contributed by atoms with Crippen LogP contribution in [0.5, 0.6) is 11.5 Å². The minimum atomic E-state index is -4.14. The zero-order valence-electron chi connectivity index (χ0n) is 22.4. The van der Waals surface area contributed by atoms with E-state index in [0.717, 1.165) is 24.3 Å². The van der Waals surface area contributed by atoms with Crippen molar-refractivity contribution in [2.75, 3.05) is 0 Å². The van der Waals surface area contributed by atoms with Crippen molar-refractivity contribution in [1.82, 2.24) is 0 Å². The van der Waals surface area contributed by atoms with Gasteiger partial charge in [0.05, 0.1) is 0 Å². The second-order valence-electron chi connectivity index (χ2n) is 10.1. The standard InChI is InChI=1S/2C12H10O.2C6H7.Zr/c2*13-12-8-6-11(7-9-12)10-4-2-1-3-5-10;2*1-6-4-2-3-5-6;/h2*1-9,13H;2*2,4H,3H2,1H3;/q;;;;+2/p-2. The van der Waals surface area contributed by atoms with Gasteiger partial charge in [0.2, 0.25) is 0 Å². The third-order valence-corrected chi connectivity index (χ3v) is 17.0. The van der Waals surface area contributed by atoms with E-state index in [4.69, 9.17) is 5.63 Å². The van der Waals surface area contributed by atoms with Crippen LogP contribution in [0.2, 0.25) is 0 Å². The van der Waals surface area contributed by atoms with Gasteiger partial charge in [0.25, 0.3) is 0 Å². The monoisotopic (exact) mass is 586 g/mol. The quantitative estimate of drug-likeness (QED) is 0.204. The first-order valence-electron chi connectivity index (χ1n) is 13.5. The molecule has 0 fully saturated rings. The fourth-order valence-corrected chi connectivity index (χ4v) is 14.9. The van der Waals surface area contributed by atoms with Crippen molar-refractivity contribution in [3.63, 3.8) is 0 Å². The van der Waals surface area contributed by atoms with Crippen LogP contribution in [0.15, 0.2) is 151 Å². The first-order chi connectivity index (χ1) is 19.1. The SMILES string of the molecule is CC1=[C]([Zr]([O]c2ccc(-c3ccccc3)cc2)([O]c2ccc(-c3ccccc3)cc2)[C]2=C(C)C=CC2)CC=C1. The molecule has 3 heteroatoms. The van der Waals surface area contributed by atoms with Crippen LogP contribution in [0.3, 0.4) is 0 Å². The molecule has 0 bridgehead atoms. The molecule has 6 rings (SSSR count). The van der Waals surface area contributed by atoms with E-state index in [-0.39, 0.29) is 0 Å². The van der Waals surface area contributed by atoms with E-state index in [0.29, 0.717) is 0 Å². The van der Waals surface area contributed by atoms with Crippen LogP contribution in [0.4, 0.5) is 0 Å². The molecule has 192 valence electrons. The average Bonchev–Trinajstić information content (AvgIpc) is 3.63. The summed E-state index contributed by atoms with van der Waals surface area (Å²) < 4.78 is 17.1. The Labute approximate surface area is 237 Å². The predicted molar refractivity (Wildman–Crippen MR) is 158 cm³/mol. The number of allylic oxidation sites excluding steroid dienone is 8. The molecule has 2 aliphatic rings. The summed E-state index contributed by atoms with van der Waals surface area (Å²) in [6.45, 7) is 4.40. The number of hydrogen-bond donors (Lipinski definition) is 0. The zero-order valence-corrected chi connectivity index (χ0v) is 24.9. The van der Waals surface area contributed by atoms with E-state index >= 15 is 0 Å². The van der Waals surface area contributed by atoms with E-state index < -0.39 is 21.1 Å². The topological polar surface area (TPSA) is 18.5 Å². The van der Waals surface area contributed by atoms with Gasteiger partial charge in [-0.25, -0.2) is 0 Å². The molecule has 2 nitrogen and oxygen atoms in total. The van der Waals surface area contributed by atoms with Crippen molar-refractivity contribution in [2.45, 2.75) is 26.7 Å². The Morgan fingerprint density at radius 3 is 1.15 bits per heavy atom. The minimum absolute atomic E-state index is 0.866. The van der Waals surface area contributed by atoms with Crippen LogP contribution < -0.4 is 5.63 Å². The van der Waals surface area contributed by atoms with Gasteiger partial charge in [-0.15, -0.1) is 0 Å². The number of rotatable bonds is 8. The summed E-state index contributed by atoms with van der Waals surface area (Å²) in [5, 5.41) is 0. The van der Waals surface area contributed by atoms with Crippen LogP contribution >= 0.6 is 0 Å². The van der Waals surface area contributed by atoms with Crippen LogP contribution in [-0.4, -0.2) is 0 Å². The fraction of sp³-hybridized carbons (Fsp3) is 0.111. The van der Waals surface area contributed by atoms with Gasteiger partial charge in [0.15, 0.2) is 0 Å². The number of hydrogen-bond acceptors (Lipinski definition) is 2. The molecule has 0 radical (unpaired) electrons. The third-order valence-electron chi connectivity index (χ3n) is 7.57. The Balaban J connectivity index is 1.40. The van der Waals surface area contributed by atoms with E-state index in [1.165, 1.54) is 40.0 Å². The molecule has 0 heterocycles. The van der Waals surface area contributed by atoms with Gasteiger partial charge in [-0.2, -0.15) is 0 Å². The third kappa shape index (κ3) is 5.29. The van der Waals surface area contributed by atoms with Crippen LogP contribution in [-0.2, 0) is 21.1 Å². The van der Waals surface area contributed by atoms with Gasteiger partial charge in [-0.1, -0.05) is 0 Å². The Kier molecular flexibility index (Phi) is 7.35. The van der Waals surface area contributed by atoms with E-state index in [1.807, 2.05) is 12.1 Å². The Morgan fingerprint density at radius 1 is 0.462 bits per heavy atom. The van der Waals surface area contributed by atoms with Crippen LogP contribution in [0, 0.1) is 0 Å². The molecule has 0 aliphatic heterocycles. The molecule has 0 aromatic heterocycles. The van der Waals surface area contributed by atoms with Crippen molar-refractivity contribution in [2.24, 2.45) is 0 Å². The Morgan fingerprint density at radius 2 is 0.821 bits per heavy atom. The second-order valence-corrected chi connectivity index (χ2v) is 17.1. The Bertz CT molecular complexity index is 1450. The van der Waals surface area contributed by atoms with E-state index in [2.05, 4.69) is 135 Å². The zero-order chi connectivity index (χ0) is 26.7. The maximum absolute atomic E-state index is 7.21. The summed E-state index contributed by atoms with van der Waals surface area (Å²) >= 11 is -4.14. The molecule has 4 aromatic carbocycles. The van der Waals surface area contributed by atoms with E-state index in [1.54, 1.807) is 0 Å². The van der Waals surface area contributed by atoms with E-state index in [9.17, 15) is 0 Å². The average molecular weight is 588 g/mol. The summed E-state index contributed by atoms with van der Waals surface area (Å²) in [5.74, 6) is 1.73. The fourth-order valence-electron chi connectivity index (χ4n) is 5.49. The molecule has 0 unspecified atom stereocenters. The molecule has 39 heavy (non-hydrogen) atoms. The molecule has 0 N–H and O–H groups in total. The van der Waals surface area contributed by atoms with Gasteiger partial charge in [0, 0.05) is 0 Å². The predicted octanol–water partition coefficient (Wildman–Crippen LogP) is 9.93. The molecule has 4 aromatic rings. The van der Waals surface area contributed by atoms with Crippen LogP contribution in [0.25, 0.3) is 22.3 Å². The van der Waals surface area contributed by atoms with Crippen molar-refractivity contribution in [1.29, 1.82) is 0 Å². The summed E-state index contributed by atoms with van der Waals surface area (Å²) in [5.41, 5.74) is 7.31. The van der Waals surface area contributed by atoms with Crippen molar-refractivity contribution >= 4 is 0 Å². The molecular weight excluding hydrogens is 556 g/mol. The molecule has 0 saturated carbocycles. The normalized spacial score (nSPS) is 14.8. The van der Waals surface area contributed by atoms with Crippen molar-refractivity contribution in [3.8, 4) is 33.8 Å². The second kappa shape index (κ2) is 11.2. The Hall–Kier alpha value is -3.68. The van der Waals surface area contributed by atoms with Gasteiger partial charge in [-0.05, 0) is 0 Å². The van der Waals surface area contributed by atoms with Crippen LogP contribution in [0.1, 0.15) is 26.7 Å². The van der Waals surface area contributed by atoms with Gasteiger partial charge >= 0.3 is 238 Å². The summed E-state index contributed by atoms with van der Waals surface area (Å²) in [6, 6.07) is 37.9. The van der Waals surface area contributed by atoms with Gasteiger partial charge in [-0.3, -0.25) is 0 Å². The molecule has 2 aliphatic carbocycles. The maximum atomic E-state index is 7.21. The molecule has 0 atom stereocenters. The number of benzene rings is 4. The first kappa shape index (κ1) is 25.6. The van der Waals surface area contributed by atoms with Crippen molar-refractivity contribution in [3.05, 3.63) is 151 Å². The van der Waals surface area contributed by atoms with Gasteiger partial charge < -0.3 is 0 Å². The summed E-state index contributed by atoms with van der Waals surface area (Å²) in [4.78, 5) is 0. The van der Waals surface area contributed by atoms with Crippen molar-refractivity contribution < 1.29 is 26.8 Å². The molecular formula is C36H32O2Zr. The first-order valence-corrected chi connectivity index (χ1v) is 18.0.